The summed E-state index contributed by atoms with van der Waals surface area (Å²) in [6.45, 7) is 0.415. The van der Waals surface area contributed by atoms with Crippen LogP contribution in [0.1, 0.15) is 28.8 Å². The third kappa shape index (κ3) is 5.55. The molecule has 0 unspecified atom stereocenters. The molecule has 2 aliphatic heterocycles. The standard InChI is InChI=1S/C17H17NO5.C8H6O3/c1-21-17(20)13(9-18-12-4-5-12)14(19)6-2-11-3-7-15-16(8-11)23-10-22-15;9-4-6-2-1-3-7-8(6)11-5-10-7/h2-3,6-9,12,19H,4-5,10H2,1H3;1-4H,5H2. The molecule has 0 amide bonds. The van der Waals surface area contributed by atoms with Crippen molar-refractivity contribution in [1.29, 1.82) is 0 Å². The predicted octanol–water partition coefficient (Wildman–Crippen LogP) is 3.87. The number of carbonyl (C=O) groups excluding carboxylic acids is 2. The molecule has 3 aliphatic rings. The number of hydrogen-bond donors (Lipinski definition) is 1. The minimum atomic E-state index is -0.623. The first-order chi connectivity index (χ1) is 16.6. The van der Waals surface area contributed by atoms with Crippen LogP contribution in [0, 0.1) is 0 Å². The number of aliphatic imine (C=N–C) groups is 1. The number of ether oxygens (including phenoxy) is 5. The van der Waals surface area contributed by atoms with Crippen LogP contribution >= 0.6 is 0 Å². The second kappa shape index (κ2) is 10.6. The number of aliphatic hydroxyl groups is 1. The summed E-state index contributed by atoms with van der Waals surface area (Å²) < 4.78 is 25.3. The number of esters is 1. The fourth-order valence-corrected chi connectivity index (χ4v) is 3.06. The molecule has 2 aromatic carbocycles. The molecule has 0 spiro atoms. The zero-order valence-corrected chi connectivity index (χ0v) is 18.4. The van der Waals surface area contributed by atoms with Crippen molar-refractivity contribution in [1.82, 2.24) is 0 Å². The van der Waals surface area contributed by atoms with E-state index in [1.54, 1.807) is 36.4 Å². The van der Waals surface area contributed by atoms with Gasteiger partial charge in [0, 0.05) is 6.21 Å². The van der Waals surface area contributed by atoms with Crippen LogP contribution in [-0.4, -0.2) is 50.3 Å². The number of benzene rings is 2. The maximum Gasteiger partial charge on any atom is 0.343 e. The van der Waals surface area contributed by atoms with Gasteiger partial charge in [0.15, 0.2) is 29.3 Å². The molecule has 2 heterocycles. The van der Waals surface area contributed by atoms with Crippen molar-refractivity contribution in [2.45, 2.75) is 18.9 Å². The van der Waals surface area contributed by atoms with Crippen molar-refractivity contribution in [3.63, 3.8) is 0 Å². The molecule has 0 saturated heterocycles. The van der Waals surface area contributed by atoms with Gasteiger partial charge in [-0.05, 0) is 48.7 Å². The van der Waals surface area contributed by atoms with Gasteiger partial charge in [0.05, 0.1) is 18.7 Å². The van der Waals surface area contributed by atoms with Crippen molar-refractivity contribution in [2.75, 3.05) is 20.7 Å². The topological polar surface area (TPSA) is 113 Å². The van der Waals surface area contributed by atoms with Gasteiger partial charge in [0.1, 0.15) is 11.3 Å². The van der Waals surface area contributed by atoms with E-state index in [4.69, 9.17) is 18.9 Å². The van der Waals surface area contributed by atoms with Crippen LogP contribution in [-0.2, 0) is 9.53 Å². The first kappa shape index (κ1) is 22.9. The van der Waals surface area contributed by atoms with Crippen molar-refractivity contribution < 1.29 is 38.4 Å². The van der Waals surface area contributed by atoms with Crippen LogP contribution in [0.3, 0.4) is 0 Å². The number of carbonyl (C=O) groups is 2. The second-order valence-electron chi connectivity index (χ2n) is 7.44. The number of allylic oxidation sites excluding steroid dienone is 1. The molecule has 1 aliphatic carbocycles. The highest BCUT2D eigenvalue weighted by Gasteiger charge is 2.21. The molecule has 1 N–H and O–H groups in total. The van der Waals surface area contributed by atoms with E-state index in [2.05, 4.69) is 9.73 Å². The molecule has 5 rings (SSSR count). The van der Waals surface area contributed by atoms with Gasteiger partial charge in [-0.25, -0.2) is 4.79 Å². The van der Waals surface area contributed by atoms with Crippen LogP contribution < -0.4 is 18.9 Å². The minimum absolute atomic E-state index is 0.0383. The SMILES string of the molecule is COC(=O)C(C=NC1CC1)=C(O)C=Cc1ccc2c(c1)OCO2.O=Cc1cccc2c1OCO2. The van der Waals surface area contributed by atoms with Gasteiger partial charge in [0.2, 0.25) is 13.6 Å². The largest absolute Gasteiger partial charge is 0.507 e. The van der Waals surface area contributed by atoms with Gasteiger partial charge in [0.25, 0.3) is 0 Å². The molecule has 0 aromatic heterocycles. The van der Waals surface area contributed by atoms with E-state index < -0.39 is 5.97 Å². The highest BCUT2D eigenvalue weighted by Crippen LogP contribution is 2.34. The molecular weight excluding hydrogens is 442 g/mol. The monoisotopic (exact) mass is 465 g/mol. The number of hydrogen-bond acceptors (Lipinski definition) is 9. The van der Waals surface area contributed by atoms with Gasteiger partial charge in [-0.3, -0.25) is 9.79 Å². The molecule has 0 atom stereocenters. The van der Waals surface area contributed by atoms with Crippen LogP contribution in [0.15, 0.2) is 58.8 Å². The summed E-state index contributed by atoms with van der Waals surface area (Å²) in [5.74, 6) is 1.73. The average molecular weight is 465 g/mol. The van der Waals surface area contributed by atoms with Gasteiger partial charge in [-0.2, -0.15) is 0 Å². The summed E-state index contributed by atoms with van der Waals surface area (Å²) in [7, 11) is 1.27. The Kier molecular flexibility index (Phi) is 7.12. The number of aldehydes is 1. The number of fused-ring (bicyclic) bond motifs is 2. The third-order valence-corrected chi connectivity index (χ3v) is 5.03. The lowest BCUT2D eigenvalue weighted by atomic mass is 10.1. The Balaban J connectivity index is 0.000000207. The number of para-hydroxylation sites is 1. The quantitative estimate of drug-likeness (QED) is 0.171. The Bertz CT molecular complexity index is 1160. The number of methoxy groups -OCH3 is 1. The summed E-state index contributed by atoms with van der Waals surface area (Å²) in [4.78, 5) is 26.4. The number of nitrogens with zero attached hydrogens (tertiary/aromatic N) is 1. The van der Waals surface area contributed by atoms with Gasteiger partial charge in [-0.1, -0.05) is 18.2 Å². The molecule has 0 bridgehead atoms. The first-order valence-electron chi connectivity index (χ1n) is 10.5. The summed E-state index contributed by atoms with van der Waals surface area (Å²) in [6, 6.07) is 10.9. The highest BCUT2D eigenvalue weighted by molar-refractivity contribution is 6.10. The van der Waals surface area contributed by atoms with Crippen molar-refractivity contribution in [3.05, 3.63) is 64.9 Å². The fourth-order valence-electron chi connectivity index (χ4n) is 3.06. The predicted molar refractivity (Wildman–Crippen MR) is 123 cm³/mol. The summed E-state index contributed by atoms with van der Waals surface area (Å²) >= 11 is 0. The minimum Gasteiger partial charge on any atom is -0.507 e. The van der Waals surface area contributed by atoms with Gasteiger partial charge < -0.3 is 28.8 Å². The van der Waals surface area contributed by atoms with Crippen molar-refractivity contribution in [3.8, 4) is 23.0 Å². The molecule has 9 nitrogen and oxygen atoms in total. The highest BCUT2D eigenvalue weighted by atomic mass is 16.7. The van der Waals surface area contributed by atoms with Crippen LogP contribution in [0.5, 0.6) is 23.0 Å². The van der Waals surface area contributed by atoms with Gasteiger partial charge in [-0.15, -0.1) is 0 Å². The molecule has 9 heteroatoms. The lowest BCUT2D eigenvalue weighted by molar-refractivity contribution is -0.135. The van der Waals surface area contributed by atoms with E-state index >= 15 is 0 Å². The van der Waals surface area contributed by atoms with E-state index in [-0.39, 0.29) is 31.0 Å². The Labute approximate surface area is 195 Å². The summed E-state index contributed by atoms with van der Waals surface area (Å²) in [5, 5.41) is 10.1. The fraction of sp³-hybridized carbons (Fsp3) is 0.240. The molecular formula is C25H23NO8. The van der Waals surface area contributed by atoms with Crippen LogP contribution in [0.4, 0.5) is 0 Å². The average Bonchev–Trinajstić information content (AvgIpc) is 3.35. The van der Waals surface area contributed by atoms with Crippen LogP contribution in [0.25, 0.3) is 6.08 Å². The van der Waals surface area contributed by atoms with E-state index in [9.17, 15) is 14.7 Å². The zero-order chi connectivity index (χ0) is 23.9. The lowest BCUT2D eigenvalue weighted by Crippen LogP contribution is -2.09. The normalized spacial score (nSPS) is 16.1. The first-order valence-corrected chi connectivity index (χ1v) is 10.5. The van der Waals surface area contributed by atoms with Crippen LogP contribution in [0.2, 0.25) is 0 Å². The third-order valence-electron chi connectivity index (χ3n) is 5.03. The van der Waals surface area contributed by atoms with Gasteiger partial charge >= 0.3 is 5.97 Å². The van der Waals surface area contributed by atoms with E-state index in [1.807, 2.05) is 6.07 Å². The Morgan fingerprint density at radius 1 is 1.06 bits per heavy atom. The Morgan fingerprint density at radius 3 is 2.59 bits per heavy atom. The molecule has 1 saturated carbocycles. The number of aliphatic hydroxyl groups excluding tert-OH is 1. The molecule has 2 aromatic rings. The molecule has 176 valence electrons. The second-order valence-corrected chi connectivity index (χ2v) is 7.44. The van der Waals surface area contributed by atoms with Crippen molar-refractivity contribution >= 4 is 24.5 Å². The molecule has 1 fully saturated rings. The van der Waals surface area contributed by atoms with E-state index in [1.165, 1.54) is 19.4 Å². The Morgan fingerprint density at radius 2 is 1.82 bits per heavy atom. The maximum atomic E-state index is 11.7. The number of rotatable bonds is 6. The zero-order valence-electron chi connectivity index (χ0n) is 18.4. The van der Waals surface area contributed by atoms with Crippen molar-refractivity contribution in [2.24, 2.45) is 4.99 Å². The summed E-state index contributed by atoms with van der Waals surface area (Å²) in [6.07, 6.45) is 7.27. The van der Waals surface area contributed by atoms with E-state index in [0.29, 0.717) is 28.6 Å². The van der Waals surface area contributed by atoms with E-state index in [0.717, 1.165) is 24.7 Å². The molecule has 0 radical (unpaired) electrons. The molecule has 34 heavy (non-hydrogen) atoms. The maximum absolute atomic E-state index is 11.7. The summed E-state index contributed by atoms with van der Waals surface area (Å²) in [5.41, 5.74) is 1.39. The smallest absolute Gasteiger partial charge is 0.343 e. The lowest BCUT2D eigenvalue weighted by Gasteiger charge is -2.02. The Hall–Kier alpha value is -4.27.